The lowest BCUT2D eigenvalue weighted by Gasteiger charge is -2.36. The molecule has 2 atom stereocenters. The van der Waals surface area contributed by atoms with Crippen LogP contribution < -0.4 is 0 Å². The second-order valence-corrected chi connectivity index (χ2v) is 9.05. The standard InChI is InChI=1S/C18H23NO4S/c1-12-8-9-15-13(10-12)11-16(23-15)18(20)19(2)14-6-4-5-7-17(14)24(3,21)22/h8-11,14,17H,4-7H2,1-3H3/t14-,17+/m1/s1. The van der Waals surface area contributed by atoms with Crippen molar-refractivity contribution in [3.63, 3.8) is 0 Å². The Morgan fingerprint density at radius 3 is 2.62 bits per heavy atom. The van der Waals surface area contributed by atoms with Gasteiger partial charge in [0.1, 0.15) is 5.58 Å². The van der Waals surface area contributed by atoms with E-state index in [1.165, 1.54) is 6.26 Å². The Morgan fingerprint density at radius 1 is 1.21 bits per heavy atom. The molecule has 5 nitrogen and oxygen atoms in total. The van der Waals surface area contributed by atoms with Crippen LogP contribution in [0.1, 0.15) is 41.8 Å². The SMILES string of the molecule is Cc1ccc2oc(C(=O)N(C)[C@@H]3CCCC[C@@H]3S(C)(=O)=O)cc2c1. The highest BCUT2D eigenvalue weighted by Crippen LogP contribution is 2.29. The fourth-order valence-corrected chi connectivity index (χ4v) is 5.10. The molecule has 24 heavy (non-hydrogen) atoms. The molecule has 1 heterocycles. The zero-order chi connectivity index (χ0) is 17.5. The van der Waals surface area contributed by atoms with Crippen LogP contribution in [0.25, 0.3) is 11.0 Å². The van der Waals surface area contributed by atoms with E-state index in [9.17, 15) is 13.2 Å². The smallest absolute Gasteiger partial charge is 0.289 e. The van der Waals surface area contributed by atoms with Crippen LogP contribution in [-0.2, 0) is 9.84 Å². The molecular formula is C18H23NO4S. The maximum Gasteiger partial charge on any atom is 0.289 e. The fraction of sp³-hybridized carbons (Fsp3) is 0.500. The van der Waals surface area contributed by atoms with Crippen LogP contribution in [-0.4, -0.2) is 43.8 Å². The normalized spacial score (nSPS) is 21.8. The van der Waals surface area contributed by atoms with Crippen LogP contribution in [0, 0.1) is 6.92 Å². The van der Waals surface area contributed by atoms with Crippen LogP contribution in [0.2, 0.25) is 0 Å². The minimum atomic E-state index is -3.19. The summed E-state index contributed by atoms with van der Waals surface area (Å²) in [6.45, 7) is 1.98. The summed E-state index contributed by atoms with van der Waals surface area (Å²) in [5.74, 6) is 0.000303. The third-order valence-corrected chi connectivity index (χ3v) is 6.57. The highest BCUT2D eigenvalue weighted by molar-refractivity contribution is 7.91. The molecule has 1 aliphatic rings. The van der Waals surface area contributed by atoms with Crippen LogP contribution in [0.5, 0.6) is 0 Å². The quantitative estimate of drug-likeness (QED) is 0.853. The predicted molar refractivity (Wildman–Crippen MR) is 93.9 cm³/mol. The third-order valence-electron chi connectivity index (χ3n) is 4.92. The van der Waals surface area contributed by atoms with Crippen LogP contribution >= 0.6 is 0 Å². The molecule has 1 amide bonds. The molecule has 0 aliphatic heterocycles. The maximum absolute atomic E-state index is 12.8. The topological polar surface area (TPSA) is 67.6 Å². The second kappa shape index (κ2) is 6.24. The number of amides is 1. The van der Waals surface area contributed by atoms with Crippen molar-refractivity contribution in [2.75, 3.05) is 13.3 Å². The summed E-state index contributed by atoms with van der Waals surface area (Å²) in [6.07, 6.45) is 4.41. The van der Waals surface area contributed by atoms with E-state index in [1.54, 1.807) is 18.0 Å². The van der Waals surface area contributed by atoms with E-state index in [0.717, 1.165) is 23.8 Å². The number of hydrogen-bond donors (Lipinski definition) is 0. The lowest BCUT2D eigenvalue weighted by atomic mass is 9.93. The first-order valence-corrected chi connectivity index (χ1v) is 10.2. The monoisotopic (exact) mass is 349 g/mol. The Kier molecular flexibility index (Phi) is 4.42. The van der Waals surface area contributed by atoms with E-state index < -0.39 is 15.1 Å². The van der Waals surface area contributed by atoms with E-state index in [4.69, 9.17) is 4.42 Å². The first-order valence-electron chi connectivity index (χ1n) is 8.23. The summed E-state index contributed by atoms with van der Waals surface area (Å²) in [5.41, 5.74) is 1.76. The molecule has 0 unspecified atom stereocenters. The molecule has 130 valence electrons. The van der Waals surface area contributed by atoms with Gasteiger partial charge < -0.3 is 9.32 Å². The number of furan rings is 1. The number of carbonyl (C=O) groups is 1. The Morgan fingerprint density at radius 2 is 1.92 bits per heavy atom. The Labute approximate surface area is 142 Å². The molecular weight excluding hydrogens is 326 g/mol. The maximum atomic E-state index is 12.8. The van der Waals surface area contributed by atoms with Gasteiger partial charge in [-0.05, 0) is 38.0 Å². The Balaban J connectivity index is 1.89. The van der Waals surface area contributed by atoms with Crippen molar-refractivity contribution in [3.8, 4) is 0 Å². The first-order chi connectivity index (χ1) is 11.3. The summed E-state index contributed by atoms with van der Waals surface area (Å²) >= 11 is 0. The van der Waals surface area contributed by atoms with Gasteiger partial charge in [0.25, 0.3) is 5.91 Å². The predicted octanol–water partition coefficient (Wildman–Crippen LogP) is 3.17. The van der Waals surface area contributed by atoms with Crippen molar-refractivity contribution in [3.05, 3.63) is 35.6 Å². The summed E-state index contributed by atoms with van der Waals surface area (Å²) in [4.78, 5) is 14.4. The molecule has 0 radical (unpaired) electrons. The molecule has 6 heteroatoms. The van der Waals surface area contributed by atoms with Crippen LogP contribution in [0.3, 0.4) is 0 Å². The number of benzene rings is 1. The van der Waals surface area contributed by atoms with E-state index in [1.807, 2.05) is 25.1 Å². The van der Waals surface area contributed by atoms with Crippen molar-refractivity contribution in [1.82, 2.24) is 4.90 Å². The minimum absolute atomic E-state index is 0.260. The molecule has 1 saturated carbocycles. The van der Waals surface area contributed by atoms with Gasteiger partial charge in [-0.1, -0.05) is 24.5 Å². The molecule has 2 aromatic rings. The fourth-order valence-electron chi connectivity index (χ4n) is 3.61. The third kappa shape index (κ3) is 3.20. The van der Waals surface area contributed by atoms with Crippen molar-refractivity contribution in [2.45, 2.75) is 43.9 Å². The average Bonchev–Trinajstić information content (AvgIpc) is 2.95. The summed E-state index contributed by atoms with van der Waals surface area (Å²) < 4.78 is 29.8. The van der Waals surface area contributed by atoms with Gasteiger partial charge in [-0.15, -0.1) is 0 Å². The number of rotatable bonds is 3. The van der Waals surface area contributed by atoms with E-state index in [2.05, 4.69) is 0 Å². The van der Waals surface area contributed by atoms with Gasteiger partial charge in [0, 0.05) is 24.7 Å². The van der Waals surface area contributed by atoms with E-state index in [0.29, 0.717) is 18.4 Å². The van der Waals surface area contributed by atoms with Crippen molar-refractivity contribution in [1.29, 1.82) is 0 Å². The Bertz CT molecular complexity index is 868. The number of fused-ring (bicyclic) bond motifs is 1. The average molecular weight is 349 g/mol. The molecule has 1 aromatic heterocycles. The molecule has 1 aliphatic carbocycles. The second-order valence-electron chi connectivity index (χ2n) is 6.79. The van der Waals surface area contributed by atoms with Gasteiger partial charge in [-0.25, -0.2) is 8.42 Å². The van der Waals surface area contributed by atoms with Crippen LogP contribution in [0.4, 0.5) is 0 Å². The Hall–Kier alpha value is -1.82. The van der Waals surface area contributed by atoms with Gasteiger partial charge in [-0.3, -0.25) is 4.79 Å². The number of sulfone groups is 1. The lowest BCUT2D eigenvalue weighted by molar-refractivity contribution is 0.0670. The van der Waals surface area contributed by atoms with Gasteiger partial charge in [0.05, 0.1) is 5.25 Å². The molecule has 0 spiro atoms. The summed E-state index contributed by atoms with van der Waals surface area (Å²) in [5, 5.41) is 0.391. The highest BCUT2D eigenvalue weighted by atomic mass is 32.2. The lowest BCUT2D eigenvalue weighted by Crippen LogP contribution is -2.49. The molecule has 3 rings (SSSR count). The molecule has 0 saturated heterocycles. The summed E-state index contributed by atoms with van der Waals surface area (Å²) in [6, 6.07) is 7.19. The van der Waals surface area contributed by atoms with Crippen molar-refractivity contribution < 1.29 is 17.6 Å². The van der Waals surface area contributed by atoms with E-state index >= 15 is 0 Å². The first kappa shape index (κ1) is 17.0. The van der Waals surface area contributed by atoms with Gasteiger partial charge in [-0.2, -0.15) is 0 Å². The largest absolute Gasteiger partial charge is 0.451 e. The molecule has 1 aromatic carbocycles. The van der Waals surface area contributed by atoms with Crippen molar-refractivity contribution >= 4 is 26.7 Å². The van der Waals surface area contributed by atoms with Gasteiger partial charge in [0.2, 0.25) is 0 Å². The zero-order valence-electron chi connectivity index (χ0n) is 14.3. The van der Waals surface area contributed by atoms with Gasteiger partial charge in [0.15, 0.2) is 15.6 Å². The summed E-state index contributed by atoms with van der Waals surface area (Å²) in [7, 11) is -1.51. The van der Waals surface area contributed by atoms with E-state index in [-0.39, 0.29) is 17.7 Å². The zero-order valence-corrected chi connectivity index (χ0v) is 15.1. The number of nitrogens with zero attached hydrogens (tertiary/aromatic N) is 1. The molecule has 0 N–H and O–H groups in total. The minimum Gasteiger partial charge on any atom is -0.451 e. The van der Waals surface area contributed by atoms with Gasteiger partial charge >= 0.3 is 0 Å². The highest BCUT2D eigenvalue weighted by Gasteiger charge is 2.37. The number of carbonyl (C=O) groups excluding carboxylic acids is 1. The number of aryl methyl sites for hydroxylation is 1. The number of hydrogen-bond acceptors (Lipinski definition) is 4. The molecule has 1 fully saturated rings. The van der Waals surface area contributed by atoms with Crippen molar-refractivity contribution in [2.24, 2.45) is 0 Å². The molecule has 0 bridgehead atoms. The van der Waals surface area contributed by atoms with Crippen LogP contribution in [0.15, 0.2) is 28.7 Å².